The van der Waals surface area contributed by atoms with Crippen molar-refractivity contribution >= 4 is 0 Å². The zero-order valence-electron chi connectivity index (χ0n) is 12.4. The van der Waals surface area contributed by atoms with Crippen LogP contribution in [0.2, 0.25) is 0 Å². The Morgan fingerprint density at radius 1 is 0.947 bits per heavy atom. The van der Waals surface area contributed by atoms with Crippen LogP contribution in [0.3, 0.4) is 0 Å². The van der Waals surface area contributed by atoms with E-state index in [4.69, 9.17) is 0 Å². The first-order valence-electron chi connectivity index (χ1n) is 7.06. The Morgan fingerprint density at radius 2 is 1.58 bits per heavy atom. The number of para-hydroxylation sites is 1. The van der Waals surface area contributed by atoms with Crippen molar-refractivity contribution in [2.75, 3.05) is 0 Å². The molecule has 1 N–H and O–H groups in total. The Balaban J connectivity index is 0.000000861. The van der Waals surface area contributed by atoms with Crippen molar-refractivity contribution in [2.45, 2.75) is 40.5 Å². The summed E-state index contributed by atoms with van der Waals surface area (Å²) in [5, 5.41) is 10.1. The second-order valence-corrected chi connectivity index (χ2v) is 4.44. The van der Waals surface area contributed by atoms with Gasteiger partial charge in [-0.2, -0.15) is 0 Å². The SMILES string of the molecule is CC.CCc1cccc(Cc2cccc(C)c2)c1O. The van der Waals surface area contributed by atoms with Gasteiger partial charge in [-0.25, -0.2) is 0 Å². The van der Waals surface area contributed by atoms with Gasteiger partial charge in [0.2, 0.25) is 0 Å². The minimum absolute atomic E-state index is 0.455. The topological polar surface area (TPSA) is 20.2 Å². The Labute approximate surface area is 116 Å². The van der Waals surface area contributed by atoms with E-state index in [9.17, 15) is 5.11 Å². The first-order chi connectivity index (χ1) is 9.20. The van der Waals surface area contributed by atoms with Crippen molar-refractivity contribution in [3.05, 3.63) is 64.7 Å². The fraction of sp³-hybridized carbons (Fsp3) is 0.333. The number of phenols is 1. The highest BCUT2D eigenvalue weighted by Crippen LogP contribution is 2.25. The minimum Gasteiger partial charge on any atom is -0.507 e. The molecule has 0 amide bonds. The summed E-state index contributed by atoms with van der Waals surface area (Å²) in [5.41, 5.74) is 4.53. The van der Waals surface area contributed by atoms with Crippen LogP contribution in [0.25, 0.3) is 0 Å². The van der Waals surface area contributed by atoms with Crippen molar-refractivity contribution in [3.63, 3.8) is 0 Å². The van der Waals surface area contributed by atoms with Gasteiger partial charge in [-0.3, -0.25) is 0 Å². The molecule has 1 heteroatoms. The minimum atomic E-state index is 0.455. The smallest absolute Gasteiger partial charge is 0.122 e. The Bertz CT molecular complexity index is 515. The first-order valence-corrected chi connectivity index (χ1v) is 7.06. The number of hydrogen-bond donors (Lipinski definition) is 1. The molecule has 0 aliphatic rings. The molecule has 0 aromatic heterocycles. The molecule has 0 saturated carbocycles. The van der Waals surface area contributed by atoms with Crippen LogP contribution in [0.4, 0.5) is 0 Å². The third-order valence-electron chi connectivity index (χ3n) is 3.06. The molecule has 0 aliphatic carbocycles. The van der Waals surface area contributed by atoms with Gasteiger partial charge in [-0.1, -0.05) is 68.8 Å². The van der Waals surface area contributed by atoms with E-state index in [0.717, 1.165) is 24.0 Å². The second kappa shape index (κ2) is 7.63. The Kier molecular flexibility index (Phi) is 6.14. The Morgan fingerprint density at radius 3 is 2.21 bits per heavy atom. The fourth-order valence-electron chi connectivity index (χ4n) is 2.11. The quantitative estimate of drug-likeness (QED) is 0.829. The van der Waals surface area contributed by atoms with Crippen LogP contribution < -0.4 is 0 Å². The molecule has 0 heterocycles. The molecule has 2 aromatic rings. The van der Waals surface area contributed by atoms with Gasteiger partial charge in [-0.15, -0.1) is 0 Å². The highest BCUT2D eigenvalue weighted by Gasteiger charge is 2.06. The van der Waals surface area contributed by atoms with E-state index in [1.165, 1.54) is 11.1 Å². The fourth-order valence-corrected chi connectivity index (χ4v) is 2.11. The van der Waals surface area contributed by atoms with Crippen molar-refractivity contribution < 1.29 is 5.11 Å². The molecule has 0 unspecified atom stereocenters. The van der Waals surface area contributed by atoms with Gasteiger partial charge >= 0.3 is 0 Å². The predicted octanol–water partition coefficient (Wildman–Crippen LogP) is 4.88. The maximum Gasteiger partial charge on any atom is 0.122 e. The maximum absolute atomic E-state index is 10.1. The summed E-state index contributed by atoms with van der Waals surface area (Å²) in [4.78, 5) is 0. The highest BCUT2D eigenvalue weighted by atomic mass is 16.3. The van der Waals surface area contributed by atoms with Gasteiger partial charge in [0, 0.05) is 6.42 Å². The van der Waals surface area contributed by atoms with Crippen molar-refractivity contribution in [3.8, 4) is 5.75 Å². The molecule has 2 rings (SSSR count). The molecule has 0 fully saturated rings. The summed E-state index contributed by atoms with van der Waals surface area (Å²) in [7, 11) is 0. The Hall–Kier alpha value is -1.76. The summed E-state index contributed by atoms with van der Waals surface area (Å²) in [6, 6.07) is 14.4. The summed E-state index contributed by atoms with van der Waals surface area (Å²) in [6.45, 7) is 8.15. The monoisotopic (exact) mass is 256 g/mol. The van der Waals surface area contributed by atoms with Crippen molar-refractivity contribution in [1.82, 2.24) is 0 Å². The maximum atomic E-state index is 10.1. The highest BCUT2D eigenvalue weighted by molar-refractivity contribution is 5.43. The van der Waals surface area contributed by atoms with E-state index < -0.39 is 0 Å². The van der Waals surface area contributed by atoms with E-state index >= 15 is 0 Å². The van der Waals surface area contributed by atoms with Crippen LogP contribution >= 0.6 is 0 Å². The zero-order valence-corrected chi connectivity index (χ0v) is 12.4. The van der Waals surface area contributed by atoms with Gasteiger partial charge in [-0.05, 0) is 30.0 Å². The molecule has 0 spiro atoms. The van der Waals surface area contributed by atoms with Crippen LogP contribution in [-0.4, -0.2) is 5.11 Å². The normalized spacial score (nSPS) is 9.68. The first kappa shape index (κ1) is 15.3. The number of aryl methyl sites for hydroxylation is 2. The van der Waals surface area contributed by atoms with Crippen LogP contribution in [0, 0.1) is 6.92 Å². The lowest BCUT2D eigenvalue weighted by Gasteiger charge is -2.09. The van der Waals surface area contributed by atoms with Crippen LogP contribution in [0.5, 0.6) is 5.75 Å². The van der Waals surface area contributed by atoms with E-state index in [1.807, 2.05) is 32.0 Å². The van der Waals surface area contributed by atoms with Crippen LogP contribution in [-0.2, 0) is 12.8 Å². The summed E-state index contributed by atoms with van der Waals surface area (Å²) >= 11 is 0. The summed E-state index contributed by atoms with van der Waals surface area (Å²) in [6.07, 6.45) is 1.66. The molecule has 0 saturated heterocycles. The molecule has 102 valence electrons. The van der Waals surface area contributed by atoms with Gasteiger partial charge in [0.15, 0.2) is 0 Å². The van der Waals surface area contributed by atoms with Crippen molar-refractivity contribution in [2.24, 2.45) is 0 Å². The van der Waals surface area contributed by atoms with E-state index in [0.29, 0.717) is 5.75 Å². The molecule has 0 aliphatic heterocycles. The number of phenolic OH excluding ortho intramolecular Hbond substituents is 1. The number of benzene rings is 2. The number of rotatable bonds is 3. The summed E-state index contributed by atoms with van der Waals surface area (Å²) in [5.74, 6) is 0.455. The van der Waals surface area contributed by atoms with Crippen LogP contribution in [0.1, 0.15) is 43.0 Å². The lowest BCUT2D eigenvalue weighted by molar-refractivity contribution is 0.463. The van der Waals surface area contributed by atoms with Crippen molar-refractivity contribution in [1.29, 1.82) is 0 Å². The average molecular weight is 256 g/mol. The third kappa shape index (κ3) is 4.13. The molecule has 0 radical (unpaired) electrons. The molecule has 1 nitrogen and oxygen atoms in total. The van der Waals surface area contributed by atoms with Gasteiger partial charge in [0.25, 0.3) is 0 Å². The van der Waals surface area contributed by atoms with Gasteiger partial charge in [0.1, 0.15) is 5.75 Å². The molecule has 19 heavy (non-hydrogen) atoms. The molecule has 0 atom stereocenters. The molecule has 2 aromatic carbocycles. The van der Waals surface area contributed by atoms with E-state index in [2.05, 4.69) is 38.1 Å². The van der Waals surface area contributed by atoms with Gasteiger partial charge in [0.05, 0.1) is 0 Å². The van der Waals surface area contributed by atoms with Crippen LogP contribution in [0.15, 0.2) is 42.5 Å². The largest absolute Gasteiger partial charge is 0.507 e. The molecule has 0 bridgehead atoms. The van der Waals surface area contributed by atoms with E-state index in [1.54, 1.807) is 0 Å². The van der Waals surface area contributed by atoms with Gasteiger partial charge < -0.3 is 5.11 Å². The third-order valence-corrected chi connectivity index (χ3v) is 3.06. The standard InChI is InChI=1S/C16H18O.C2H6/c1-3-14-8-5-9-15(16(14)17)11-13-7-4-6-12(2)10-13;1-2/h4-10,17H,3,11H2,1-2H3;1-2H3. The lowest BCUT2D eigenvalue weighted by Crippen LogP contribution is -1.92. The molecular formula is C18H24O. The molecular weight excluding hydrogens is 232 g/mol. The predicted molar refractivity (Wildman–Crippen MR) is 82.8 cm³/mol. The van der Waals surface area contributed by atoms with E-state index in [-0.39, 0.29) is 0 Å². The number of hydrogen-bond acceptors (Lipinski definition) is 1. The zero-order chi connectivity index (χ0) is 14.3. The summed E-state index contributed by atoms with van der Waals surface area (Å²) < 4.78 is 0. The average Bonchev–Trinajstić information content (AvgIpc) is 2.43. The second-order valence-electron chi connectivity index (χ2n) is 4.44. The number of aromatic hydroxyl groups is 1. The lowest BCUT2D eigenvalue weighted by atomic mass is 9.99.